The Morgan fingerprint density at radius 1 is 1.21 bits per heavy atom. The van der Waals surface area contributed by atoms with Gasteiger partial charge in [0.1, 0.15) is 5.75 Å². The molecule has 1 unspecified atom stereocenters. The second-order valence-corrected chi connectivity index (χ2v) is 6.14. The topological polar surface area (TPSA) is 47.6 Å². The summed E-state index contributed by atoms with van der Waals surface area (Å²) in [7, 11) is 0. The summed E-state index contributed by atoms with van der Waals surface area (Å²) in [5, 5.41) is 3.55. The second-order valence-electron chi connectivity index (χ2n) is 6.14. The predicted octanol–water partition coefficient (Wildman–Crippen LogP) is 4.06. The summed E-state index contributed by atoms with van der Waals surface area (Å²) in [5.41, 5.74) is 1.02. The van der Waals surface area contributed by atoms with E-state index >= 15 is 0 Å². The van der Waals surface area contributed by atoms with E-state index in [0.29, 0.717) is 12.6 Å². The lowest BCUT2D eigenvalue weighted by Crippen LogP contribution is -2.36. The number of alkyl halides is 2. The molecular formula is C18H25F2NO3. The molecule has 6 heteroatoms. The Labute approximate surface area is 141 Å². The van der Waals surface area contributed by atoms with Crippen LogP contribution in [0, 0.1) is 5.92 Å². The minimum Gasteiger partial charge on any atom is -0.466 e. The van der Waals surface area contributed by atoms with Crippen LogP contribution in [0.2, 0.25) is 0 Å². The molecule has 1 aromatic carbocycles. The van der Waals surface area contributed by atoms with E-state index in [0.717, 1.165) is 31.2 Å². The van der Waals surface area contributed by atoms with Crippen molar-refractivity contribution in [1.29, 1.82) is 0 Å². The maximum Gasteiger partial charge on any atom is 0.387 e. The molecule has 1 fully saturated rings. The van der Waals surface area contributed by atoms with Gasteiger partial charge >= 0.3 is 12.6 Å². The van der Waals surface area contributed by atoms with Crippen LogP contribution >= 0.6 is 0 Å². The third-order valence-corrected chi connectivity index (χ3v) is 4.44. The number of esters is 1. The Morgan fingerprint density at radius 2 is 1.83 bits per heavy atom. The van der Waals surface area contributed by atoms with Crippen molar-refractivity contribution in [2.75, 3.05) is 6.61 Å². The first kappa shape index (κ1) is 18.6. The third kappa shape index (κ3) is 5.44. The van der Waals surface area contributed by atoms with Crippen LogP contribution in [0.15, 0.2) is 24.3 Å². The van der Waals surface area contributed by atoms with Gasteiger partial charge in [0, 0.05) is 12.1 Å². The van der Waals surface area contributed by atoms with Gasteiger partial charge in [0.05, 0.1) is 12.5 Å². The van der Waals surface area contributed by atoms with Crippen molar-refractivity contribution in [2.45, 2.75) is 58.2 Å². The van der Waals surface area contributed by atoms with Crippen molar-refractivity contribution < 1.29 is 23.0 Å². The molecule has 0 heterocycles. The standard InChI is InChI=1S/C18H25F2NO3/c1-3-23-17(22)14-4-8-15(9-5-14)21-12(2)13-6-10-16(11-7-13)24-18(19)20/h6-7,10-12,14-15,18,21H,3-5,8-9H2,1-2H3. The lowest BCUT2D eigenvalue weighted by atomic mass is 9.85. The number of rotatable bonds is 7. The molecule has 0 aliphatic heterocycles. The Kier molecular flexibility index (Phi) is 6.97. The molecule has 4 nitrogen and oxygen atoms in total. The molecular weight excluding hydrogens is 316 g/mol. The van der Waals surface area contributed by atoms with Crippen molar-refractivity contribution in [3.8, 4) is 5.75 Å². The average Bonchev–Trinajstić information content (AvgIpc) is 2.56. The fourth-order valence-corrected chi connectivity index (χ4v) is 3.14. The highest BCUT2D eigenvalue weighted by Crippen LogP contribution is 2.27. The Balaban J connectivity index is 1.80. The van der Waals surface area contributed by atoms with E-state index in [1.165, 1.54) is 0 Å². The lowest BCUT2D eigenvalue weighted by Gasteiger charge is -2.30. The zero-order valence-electron chi connectivity index (χ0n) is 14.1. The van der Waals surface area contributed by atoms with Gasteiger partial charge in [-0.15, -0.1) is 0 Å². The molecule has 1 N–H and O–H groups in total. The highest BCUT2D eigenvalue weighted by Gasteiger charge is 2.27. The van der Waals surface area contributed by atoms with Crippen molar-refractivity contribution in [3.63, 3.8) is 0 Å². The first-order valence-electron chi connectivity index (χ1n) is 8.47. The number of benzene rings is 1. The first-order valence-corrected chi connectivity index (χ1v) is 8.47. The van der Waals surface area contributed by atoms with Gasteiger partial charge in [-0.3, -0.25) is 4.79 Å². The molecule has 24 heavy (non-hydrogen) atoms. The molecule has 0 saturated heterocycles. The van der Waals surface area contributed by atoms with Crippen LogP contribution in [0.3, 0.4) is 0 Å². The van der Waals surface area contributed by atoms with Gasteiger partial charge in [0.15, 0.2) is 0 Å². The average molecular weight is 341 g/mol. The monoisotopic (exact) mass is 341 g/mol. The Hall–Kier alpha value is -1.69. The summed E-state index contributed by atoms with van der Waals surface area (Å²) in [5.74, 6) is 0.0959. The van der Waals surface area contributed by atoms with E-state index in [-0.39, 0.29) is 23.7 Å². The molecule has 0 spiro atoms. The molecule has 2 rings (SSSR count). The first-order chi connectivity index (χ1) is 11.5. The van der Waals surface area contributed by atoms with Crippen molar-refractivity contribution >= 4 is 5.97 Å². The number of halogens is 2. The fraction of sp³-hybridized carbons (Fsp3) is 0.611. The number of carbonyl (C=O) groups excluding carboxylic acids is 1. The number of hydrogen-bond donors (Lipinski definition) is 1. The molecule has 134 valence electrons. The molecule has 0 bridgehead atoms. The van der Waals surface area contributed by atoms with Gasteiger partial charge in [-0.25, -0.2) is 0 Å². The van der Waals surface area contributed by atoms with E-state index in [1.807, 2.05) is 13.8 Å². The van der Waals surface area contributed by atoms with Gasteiger partial charge in [-0.2, -0.15) is 8.78 Å². The summed E-state index contributed by atoms with van der Waals surface area (Å²) in [6.07, 6.45) is 3.54. The quantitative estimate of drug-likeness (QED) is 0.760. The van der Waals surface area contributed by atoms with Crippen LogP contribution in [0.25, 0.3) is 0 Å². The highest BCUT2D eigenvalue weighted by molar-refractivity contribution is 5.72. The predicted molar refractivity (Wildman–Crippen MR) is 87.0 cm³/mol. The maximum absolute atomic E-state index is 12.2. The highest BCUT2D eigenvalue weighted by atomic mass is 19.3. The zero-order chi connectivity index (χ0) is 17.5. The van der Waals surface area contributed by atoms with Gasteiger partial charge in [0.25, 0.3) is 0 Å². The molecule has 0 radical (unpaired) electrons. The molecule has 0 amide bonds. The van der Waals surface area contributed by atoms with Crippen LogP contribution in [0.4, 0.5) is 8.78 Å². The van der Waals surface area contributed by atoms with Crippen molar-refractivity contribution in [1.82, 2.24) is 5.32 Å². The van der Waals surface area contributed by atoms with E-state index in [9.17, 15) is 13.6 Å². The molecule has 1 aromatic rings. The molecule has 1 saturated carbocycles. The minimum absolute atomic E-state index is 0.0177. The summed E-state index contributed by atoms with van der Waals surface area (Å²) < 4.78 is 33.8. The smallest absolute Gasteiger partial charge is 0.387 e. The van der Waals surface area contributed by atoms with E-state index in [1.54, 1.807) is 24.3 Å². The lowest BCUT2D eigenvalue weighted by molar-refractivity contribution is -0.149. The van der Waals surface area contributed by atoms with Gasteiger partial charge in [-0.1, -0.05) is 12.1 Å². The van der Waals surface area contributed by atoms with Gasteiger partial charge in [0.2, 0.25) is 0 Å². The minimum atomic E-state index is -2.80. The van der Waals surface area contributed by atoms with Crippen molar-refractivity contribution in [2.24, 2.45) is 5.92 Å². The fourth-order valence-electron chi connectivity index (χ4n) is 3.14. The Morgan fingerprint density at radius 3 is 2.38 bits per heavy atom. The second kappa shape index (κ2) is 8.97. The van der Waals surface area contributed by atoms with Crippen LogP contribution in [0.1, 0.15) is 51.1 Å². The normalized spacial score (nSPS) is 22.2. The summed E-state index contributed by atoms with van der Waals surface area (Å²) in [4.78, 5) is 11.7. The maximum atomic E-state index is 12.2. The molecule has 1 aliphatic carbocycles. The van der Waals surface area contributed by atoms with Crippen LogP contribution in [0.5, 0.6) is 5.75 Å². The molecule has 1 atom stereocenters. The third-order valence-electron chi connectivity index (χ3n) is 4.44. The van der Waals surface area contributed by atoms with Crippen LogP contribution < -0.4 is 10.1 Å². The summed E-state index contributed by atoms with van der Waals surface area (Å²) >= 11 is 0. The number of hydrogen-bond acceptors (Lipinski definition) is 4. The Bertz CT molecular complexity index is 514. The molecule has 1 aliphatic rings. The van der Waals surface area contributed by atoms with E-state index < -0.39 is 6.61 Å². The largest absolute Gasteiger partial charge is 0.466 e. The van der Waals surface area contributed by atoms with Crippen LogP contribution in [-0.4, -0.2) is 25.2 Å². The van der Waals surface area contributed by atoms with E-state index in [2.05, 4.69) is 10.1 Å². The number of ether oxygens (including phenoxy) is 2. The summed E-state index contributed by atoms with van der Waals surface area (Å²) in [6.45, 7) is 1.49. The zero-order valence-corrected chi connectivity index (χ0v) is 14.1. The SMILES string of the molecule is CCOC(=O)C1CCC(NC(C)c2ccc(OC(F)F)cc2)CC1. The van der Waals surface area contributed by atoms with Gasteiger partial charge < -0.3 is 14.8 Å². The summed E-state index contributed by atoms with van der Waals surface area (Å²) in [6, 6.07) is 7.14. The van der Waals surface area contributed by atoms with Gasteiger partial charge in [-0.05, 0) is 57.2 Å². The van der Waals surface area contributed by atoms with Crippen molar-refractivity contribution in [3.05, 3.63) is 29.8 Å². The van der Waals surface area contributed by atoms with Crippen LogP contribution in [-0.2, 0) is 9.53 Å². The van der Waals surface area contributed by atoms with E-state index in [4.69, 9.17) is 4.74 Å². The number of carbonyl (C=O) groups is 1. The molecule has 0 aromatic heterocycles. The number of nitrogens with one attached hydrogen (secondary N) is 1.